The van der Waals surface area contributed by atoms with Crippen molar-refractivity contribution < 1.29 is 19.1 Å². The molecule has 166 valence electrons. The van der Waals surface area contributed by atoms with Crippen LogP contribution in [0.5, 0.6) is 11.5 Å². The molecule has 2 amide bonds. The zero-order valence-corrected chi connectivity index (χ0v) is 19.1. The number of hydrogen-bond donors (Lipinski definition) is 2. The Morgan fingerprint density at radius 3 is 2.18 bits per heavy atom. The lowest BCUT2D eigenvalue weighted by Crippen LogP contribution is -2.51. The van der Waals surface area contributed by atoms with Crippen molar-refractivity contribution in [1.29, 1.82) is 0 Å². The number of thiocarbonyl (C=S) groups is 1. The number of carbonyl (C=O) groups excluding carboxylic acids is 2. The molecule has 0 aliphatic carbocycles. The molecule has 8 heteroatoms. The Kier molecular flexibility index (Phi) is 6.72. The van der Waals surface area contributed by atoms with E-state index in [1.807, 2.05) is 54.6 Å². The Morgan fingerprint density at radius 1 is 0.909 bits per heavy atom. The van der Waals surface area contributed by atoms with Crippen LogP contribution in [0.15, 0.2) is 72.3 Å². The van der Waals surface area contributed by atoms with Crippen LogP contribution in [0.2, 0.25) is 5.02 Å². The fraction of sp³-hybridized carbons (Fsp3) is 0.0800. The second kappa shape index (κ2) is 9.85. The van der Waals surface area contributed by atoms with Crippen LogP contribution in [0, 0.1) is 0 Å². The molecule has 6 nitrogen and oxygen atoms in total. The molecule has 1 aliphatic heterocycles. The van der Waals surface area contributed by atoms with Crippen LogP contribution in [0.25, 0.3) is 17.2 Å². The molecule has 0 saturated carbocycles. The van der Waals surface area contributed by atoms with Crippen LogP contribution in [-0.4, -0.2) is 24.0 Å². The Balaban J connectivity index is 1.70. The number of ether oxygens (including phenoxy) is 2. The monoisotopic (exact) mass is 478 g/mol. The number of hydrogen-bond acceptors (Lipinski definition) is 5. The van der Waals surface area contributed by atoms with Crippen LogP contribution >= 0.6 is 23.8 Å². The molecule has 0 unspecified atom stereocenters. The van der Waals surface area contributed by atoms with Gasteiger partial charge < -0.3 is 9.47 Å². The number of benzene rings is 3. The van der Waals surface area contributed by atoms with E-state index in [4.69, 9.17) is 33.3 Å². The molecule has 0 bridgehead atoms. The number of carbonyl (C=O) groups is 2. The third-order valence-corrected chi connectivity index (χ3v) is 5.44. The van der Waals surface area contributed by atoms with Crippen molar-refractivity contribution in [3.05, 3.63) is 88.5 Å². The van der Waals surface area contributed by atoms with Crippen LogP contribution < -0.4 is 20.1 Å². The second-order valence-corrected chi connectivity index (χ2v) is 8.04. The molecule has 1 fully saturated rings. The van der Waals surface area contributed by atoms with Gasteiger partial charge in [0, 0.05) is 10.6 Å². The Morgan fingerprint density at radius 2 is 1.55 bits per heavy atom. The Labute approximate surface area is 201 Å². The van der Waals surface area contributed by atoms with Crippen molar-refractivity contribution in [3.63, 3.8) is 0 Å². The summed E-state index contributed by atoms with van der Waals surface area (Å²) < 4.78 is 11.3. The van der Waals surface area contributed by atoms with Crippen molar-refractivity contribution in [1.82, 2.24) is 10.6 Å². The number of nitrogens with one attached hydrogen (secondary N) is 2. The standard InChI is InChI=1S/C25H19ClN2O4S/c1-31-20-9-4-16(5-10-20)17-6-11-22(32-14-15-2-7-19(26)8-3-15)18(12-17)13-21-23(29)27-25(33)28-24(21)30/h2-13H,14H2,1H3,(H2,27,28,29,30,33). The summed E-state index contributed by atoms with van der Waals surface area (Å²) in [5, 5.41) is 5.51. The van der Waals surface area contributed by atoms with E-state index in [9.17, 15) is 9.59 Å². The van der Waals surface area contributed by atoms with Gasteiger partial charge in [0.15, 0.2) is 5.11 Å². The van der Waals surface area contributed by atoms with Crippen LogP contribution in [-0.2, 0) is 16.2 Å². The molecule has 3 aromatic rings. The van der Waals surface area contributed by atoms with Gasteiger partial charge in [0.05, 0.1) is 7.11 Å². The summed E-state index contributed by atoms with van der Waals surface area (Å²) >= 11 is 10.8. The zero-order valence-electron chi connectivity index (χ0n) is 17.6. The predicted molar refractivity (Wildman–Crippen MR) is 131 cm³/mol. The van der Waals surface area contributed by atoms with Crippen molar-refractivity contribution >= 4 is 46.8 Å². The predicted octanol–water partition coefficient (Wildman–Crippen LogP) is 4.51. The van der Waals surface area contributed by atoms with E-state index in [2.05, 4.69) is 10.6 Å². The number of halogens is 1. The van der Waals surface area contributed by atoms with Crippen LogP contribution in [0.1, 0.15) is 11.1 Å². The first-order valence-corrected chi connectivity index (χ1v) is 10.8. The first-order valence-electron chi connectivity index (χ1n) is 9.97. The maximum Gasteiger partial charge on any atom is 0.263 e. The quantitative estimate of drug-likeness (QED) is 0.310. The molecule has 0 radical (unpaired) electrons. The summed E-state index contributed by atoms with van der Waals surface area (Å²) in [5.41, 5.74) is 3.27. The normalized spacial score (nSPS) is 13.3. The lowest BCUT2D eigenvalue weighted by Gasteiger charge is -2.17. The van der Waals surface area contributed by atoms with Crippen molar-refractivity contribution in [2.24, 2.45) is 0 Å². The fourth-order valence-corrected chi connectivity index (χ4v) is 3.57. The maximum absolute atomic E-state index is 12.4. The summed E-state index contributed by atoms with van der Waals surface area (Å²) in [6, 6.07) is 20.5. The van der Waals surface area contributed by atoms with E-state index < -0.39 is 11.8 Å². The average molecular weight is 479 g/mol. The largest absolute Gasteiger partial charge is 0.497 e. The molecule has 4 rings (SSSR count). The van der Waals surface area contributed by atoms with Crippen LogP contribution in [0.3, 0.4) is 0 Å². The summed E-state index contributed by atoms with van der Waals surface area (Å²) in [6.07, 6.45) is 1.50. The van der Waals surface area contributed by atoms with Crippen molar-refractivity contribution in [3.8, 4) is 22.6 Å². The van der Waals surface area contributed by atoms with E-state index in [-0.39, 0.29) is 17.3 Å². The molecule has 1 heterocycles. The van der Waals surface area contributed by atoms with Gasteiger partial charge in [-0.05, 0) is 71.4 Å². The summed E-state index contributed by atoms with van der Waals surface area (Å²) in [4.78, 5) is 24.7. The van der Waals surface area contributed by atoms with E-state index in [1.54, 1.807) is 19.2 Å². The Hall–Kier alpha value is -3.68. The highest BCUT2D eigenvalue weighted by molar-refractivity contribution is 7.80. The van der Waals surface area contributed by atoms with E-state index in [0.29, 0.717) is 16.3 Å². The minimum Gasteiger partial charge on any atom is -0.497 e. The number of methoxy groups -OCH3 is 1. The third kappa shape index (κ3) is 5.39. The molecule has 3 aromatic carbocycles. The molecule has 0 aromatic heterocycles. The molecular weight excluding hydrogens is 460 g/mol. The molecule has 0 spiro atoms. The minimum atomic E-state index is -0.567. The Bertz CT molecular complexity index is 1230. The summed E-state index contributed by atoms with van der Waals surface area (Å²) in [6.45, 7) is 0.289. The van der Waals surface area contributed by atoms with E-state index >= 15 is 0 Å². The topological polar surface area (TPSA) is 76.7 Å². The van der Waals surface area contributed by atoms with Gasteiger partial charge in [0.1, 0.15) is 23.7 Å². The van der Waals surface area contributed by atoms with Crippen molar-refractivity contribution in [2.45, 2.75) is 6.61 Å². The highest BCUT2D eigenvalue weighted by Gasteiger charge is 2.26. The van der Waals surface area contributed by atoms with Gasteiger partial charge in [-0.1, -0.05) is 41.9 Å². The van der Waals surface area contributed by atoms with Gasteiger partial charge in [-0.2, -0.15) is 0 Å². The lowest BCUT2D eigenvalue weighted by molar-refractivity contribution is -0.123. The van der Waals surface area contributed by atoms with Gasteiger partial charge in [-0.25, -0.2) is 0 Å². The van der Waals surface area contributed by atoms with E-state index in [0.717, 1.165) is 22.4 Å². The fourth-order valence-electron chi connectivity index (χ4n) is 3.26. The minimum absolute atomic E-state index is 0.0201. The molecule has 0 atom stereocenters. The van der Waals surface area contributed by atoms with Gasteiger partial charge >= 0.3 is 0 Å². The third-order valence-electron chi connectivity index (χ3n) is 4.98. The zero-order chi connectivity index (χ0) is 23.4. The molecule has 1 aliphatic rings. The first-order chi connectivity index (χ1) is 15.9. The number of rotatable bonds is 6. The molecule has 1 saturated heterocycles. The van der Waals surface area contributed by atoms with Gasteiger partial charge in [0.2, 0.25) is 0 Å². The van der Waals surface area contributed by atoms with Gasteiger partial charge in [-0.3, -0.25) is 20.2 Å². The number of amides is 2. The molecule has 33 heavy (non-hydrogen) atoms. The molecule has 2 N–H and O–H groups in total. The maximum atomic E-state index is 12.4. The van der Waals surface area contributed by atoms with E-state index in [1.165, 1.54) is 6.08 Å². The summed E-state index contributed by atoms with van der Waals surface area (Å²) in [7, 11) is 1.61. The van der Waals surface area contributed by atoms with Crippen LogP contribution in [0.4, 0.5) is 0 Å². The van der Waals surface area contributed by atoms with Crippen molar-refractivity contribution in [2.75, 3.05) is 7.11 Å². The highest BCUT2D eigenvalue weighted by Crippen LogP contribution is 2.30. The summed E-state index contributed by atoms with van der Waals surface area (Å²) in [5.74, 6) is 0.128. The SMILES string of the molecule is COc1ccc(-c2ccc(OCc3ccc(Cl)cc3)c(C=C3C(=O)NC(=S)NC3=O)c2)cc1. The lowest BCUT2D eigenvalue weighted by atomic mass is 10.00. The smallest absolute Gasteiger partial charge is 0.263 e. The highest BCUT2D eigenvalue weighted by atomic mass is 35.5. The first kappa shape index (κ1) is 22.5. The average Bonchev–Trinajstić information content (AvgIpc) is 2.81. The second-order valence-electron chi connectivity index (χ2n) is 7.19. The van der Waals surface area contributed by atoms with Gasteiger partial charge in [-0.15, -0.1) is 0 Å². The van der Waals surface area contributed by atoms with Gasteiger partial charge in [0.25, 0.3) is 11.8 Å². The molecular formula is C25H19ClN2O4S.